The highest BCUT2D eigenvalue weighted by Crippen LogP contribution is 2.25. The summed E-state index contributed by atoms with van der Waals surface area (Å²) in [5, 5.41) is 21.2. The summed E-state index contributed by atoms with van der Waals surface area (Å²) < 4.78 is 6.40. The van der Waals surface area contributed by atoms with Crippen LogP contribution < -0.4 is 11.2 Å². The van der Waals surface area contributed by atoms with Crippen LogP contribution in [0.15, 0.2) is 43.3 Å². The Hall–Kier alpha value is -4.19. The topological polar surface area (TPSA) is 129 Å². The van der Waals surface area contributed by atoms with Crippen molar-refractivity contribution in [2.45, 2.75) is 39.7 Å². The molecule has 1 saturated heterocycles. The molecule has 1 N–H and O–H groups in total. The quantitative estimate of drug-likeness (QED) is 0.445. The average molecular weight is 460 g/mol. The lowest BCUT2D eigenvalue weighted by atomic mass is 10.1. The number of hydrogen-bond acceptors (Lipinski definition) is 7. The fourth-order valence-corrected chi connectivity index (χ4v) is 4.23. The maximum atomic E-state index is 12.8. The number of benzene rings is 1. The van der Waals surface area contributed by atoms with Gasteiger partial charge in [-0.2, -0.15) is 5.26 Å². The Labute approximate surface area is 195 Å². The molecule has 0 unspecified atom stereocenters. The van der Waals surface area contributed by atoms with Crippen molar-refractivity contribution in [3.63, 3.8) is 0 Å². The van der Waals surface area contributed by atoms with Crippen LogP contribution in [0.3, 0.4) is 0 Å². The molecule has 4 rings (SSSR count). The summed E-state index contributed by atoms with van der Waals surface area (Å²) in [6.45, 7) is 4.73. The molecule has 3 heterocycles. The van der Waals surface area contributed by atoms with Crippen molar-refractivity contribution < 1.29 is 14.3 Å². The normalized spacial score (nSPS) is 13.8. The van der Waals surface area contributed by atoms with Gasteiger partial charge in [-0.15, -0.1) is 0 Å². The molecular weight excluding hydrogens is 436 g/mol. The van der Waals surface area contributed by atoms with Crippen LogP contribution in [0, 0.1) is 25.2 Å². The molecule has 0 radical (unpaired) electrons. The monoisotopic (exact) mass is 460 g/mol. The van der Waals surface area contributed by atoms with Gasteiger partial charge in [0.05, 0.1) is 11.3 Å². The number of nitriles is 1. The Morgan fingerprint density at radius 1 is 1.21 bits per heavy atom. The summed E-state index contributed by atoms with van der Waals surface area (Å²) in [7, 11) is 0. The first-order chi connectivity index (χ1) is 16.3. The number of aliphatic imine (C=N–C) groups is 1. The van der Waals surface area contributed by atoms with Crippen LogP contribution in [0.5, 0.6) is 5.88 Å². The SMILES string of the molecule is Cc1c(C=Nc2ccc3c(C)cc(=O)oc3c2)c(O)n(CCCN2CCCC2=O)c(=O)c1C#N. The number of aromatic hydroxyl groups is 1. The van der Waals surface area contributed by atoms with Crippen LogP contribution in [-0.4, -0.2) is 39.8 Å². The second-order valence-electron chi connectivity index (χ2n) is 8.33. The van der Waals surface area contributed by atoms with Gasteiger partial charge in [-0.1, -0.05) is 0 Å². The number of likely N-dealkylation sites (tertiary alicyclic amines) is 1. The number of carbonyl (C=O) groups excluding carboxylic acids is 1. The number of nitrogens with zero attached hydrogens (tertiary/aromatic N) is 4. The van der Waals surface area contributed by atoms with Gasteiger partial charge in [-0.3, -0.25) is 19.1 Å². The molecule has 1 aliphatic heterocycles. The van der Waals surface area contributed by atoms with Gasteiger partial charge >= 0.3 is 5.63 Å². The minimum atomic E-state index is -0.578. The molecule has 2 aromatic heterocycles. The van der Waals surface area contributed by atoms with Gasteiger partial charge in [0.2, 0.25) is 11.8 Å². The smallest absolute Gasteiger partial charge is 0.336 e. The maximum Gasteiger partial charge on any atom is 0.336 e. The Bertz CT molecular complexity index is 1480. The zero-order valence-corrected chi connectivity index (χ0v) is 19.0. The molecule has 0 atom stereocenters. The average Bonchev–Trinajstić information content (AvgIpc) is 3.20. The molecule has 1 fully saturated rings. The fraction of sp³-hybridized carbons (Fsp3) is 0.320. The Kier molecular flexibility index (Phi) is 6.32. The summed E-state index contributed by atoms with van der Waals surface area (Å²) in [4.78, 5) is 42.4. The zero-order chi connectivity index (χ0) is 24.4. The van der Waals surface area contributed by atoms with Crippen molar-refractivity contribution >= 4 is 28.8 Å². The van der Waals surface area contributed by atoms with E-state index in [9.17, 15) is 24.8 Å². The van der Waals surface area contributed by atoms with Gasteiger partial charge in [0.25, 0.3) is 5.56 Å². The first-order valence-corrected chi connectivity index (χ1v) is 11.0. The Balaban J connectivity index is 1.66. The number of rotatable bonds is 6. The largest absolute Gasteiger partial charge is 0.494 e. The molecular formula is C25H24N4O5. The standard InChI is InChI=1S/C25H24N4O5/c1-15-11-23(31)34-21-12-17(6-7-18(15)21)27-14-20-16(2)19(13-26)24(32)29(25(20)33)10-4-9-28-8-3-5-22(28)30/h6-7,11-12,14,33H,3-5,8-10H2,1-2H3. The van der Waals surface area contributed by atoms with Gasteiger partial charge < -0.3 is 14.4 Å². The molecule has 0 aliphatic carbocycles. The van der Waals surface area contributed by atoms with E-state index >= 15 is 0 Å². The molecule has 9 nitrogen and oxygen atoms in total. The molecule has 9 heteroatoms. The summed E-state index contributed by atoms with van der Waals surface area (Å²) >= 11 is 0. The third-order valence-corrected chi connectivity index (χ3v) is 6.11. The molecule has 1 amide bonds. The number of fused-ring (bicyclic) bond motifs is 1. The van der Waals surface area contributed by atoms with Gasteiger partial charge in [-0.05, 0) is 49.9 Å². The van der Waals surface area contributed by atoms with Crippen molar-refractivity contribution in [2.75, 3.05) is 13.1 Å². The van der Waals surface area contributed by atoms with E-state index in [2.05, 4.69) is 4.99 Å². The molecule has 0 bridgehead atoms. The number of aryl methyl sites for hydroxylation is 1. The number of hydrogen-bond donors (Lipinski definition) is 1. The third-order valence-electron chi connectivity index (χ3n) is 6.11. The van der Waals surface area contributed by atoms with Crippen LogP contribution in [-0.2, 0) is 11.3 Å². The lowest BCUT2D eigenvalue weighted by Gasteiger charge is -2.17. The molecule has 0 spiro atoms. The van der Waals surface area contributed by atoms with Crippen molar-refractivity contribution in [1.29, 1.82) is 5.26 Å². The second kappa shape index (κ2) is 9.35. The van der Waals surface area contributed by atoms with Crippen LogP contribution in [0.1, 0.15) is 41.5 Å². The highest BCUT2D eigenvalue weighted by molar-refractivity contribution is 5.89. The van der Waals surface area contributed by atoms with E-state index in [0.717, 1.165) is 21.9 Å². The first-order valence-electron chi connectivity index (χ1n) is 11.0. The third kappa shape index (κ3) is 4.35. The van der Waals surface area contributed by atoms with E-state index in [-0.39, 0.29) is 29.5 Å². The van der Waals surface area contributed by atoms with E-state index in [4.69, 9.17) is 4.42 Å². The predicted molar refractivity (Wildman–Crippen MR) is 127 cm³/mol. The molecule has 1 aromatic carbocycles. The minimum Gasteiger partial charge on any atom is -0.494 e. The molecule has 34 heavy (non-hydrogen) atoms. The summed E-state index contributed by atoms with van der Waals surface area (Å²) in [5.74, 6) is -0.200. The van der Waals surface area contributed by atoms with Crippen molar-refractivity contribution in [3.8, 4) is 11.9 Å². The molecule has 3 aromatic rings. The van der Waals surface area contributed by atoms with Gasteiger partial charge in [0, 0.05) is 49.8 Å². The van der Waals surface area contributed by atoms with Crippen LogP contribution >= 0.6 is 0 Å². The van der Waals surface area contributed by atoms with E-state index in [1.54, 1.807) is 30.0 Å². The highest BCUT2D eigenvalue weighted by atomic mass is 16.4. The lowest BCUT2D eigenvalue weighted by Crippen LogP contribution is -2.29. The zero-order valence-electron chi connectivity index (χ0n) is 19.0. The summed E-state index contributed by atoms with van der Waals surface area (Å²) in [6, 6.07) is 8.48. The number of amides is 1. The van der Waals surface area contributed by atoms with Crippen molar-refractivity contribution in [1.82, 2.24) is 9.47 Å². The maximum absolute atomic E-state index is 12.8. The summed E-state index contributed by atoms with van der Waals surface area (Å²) in [6.07, 6.45) is 3.21. The molecule has 174 valence electrons. The van der Waals surface area contributed by atoms with E-state index in [1.807, 2.05) is 13.0 Å². The Morgan fingerprint density at radius 3 is 2.71 bits per heavy atom. The molecule has 1 aliphatic rings. The van der Waals surface area contributed by atoms with Gasteiger partial charge in [-0.25, -0.2) is 4.79 Å². The number of aromatic nitrogens is 1. The first kappa shape index (κ1) is 23.0. The van der Waals surface area contributed by atoms with Crippen LogP contribution in [0.4, 0.5) is 5.69 Å². The fourth-order valence-electron chi connectivity index (χ4n) is 4.23. The van der Waals surface area contributed by atoms with Crippen LogP contribution in [0.2, 0.25) is 0 Å². The number of carbonyl (C=O) groups is 1. The minimum absolute atomic E-state index is 0.0726. The van der Waals surface area contributed by atoms with Gasteiger partial charge in [0.1, 0.15) is 17.2 Å². The Morgan fingerprint density at radius 2 is 2.00 bits per heavy atom. The van der Waals surface area contributed by atoms with Crippen LogP contribution in [0.25, 0.3) is 11.0 Å². The van der Waals surface area contributed by atoms with E-state index < -0.39 is 11.2 Å². The number of pyridine rings is 1. The predicted octanol–water partition coefficient (Wildman–Crippen LogP) is 2.91. The van der Waals surface area contributed by atoms with E-state index in [0.29, 0.717) is 42.8 Å². The van der Waals surface area contributed by atoms with Crippen molar-refractivity contribution in [3.05, 3.63) is 67.3 Å². The highest BCUT2D eigenvalue weighted by Gasteiger charge is 2.21. The lowest BCUT2D eigenvalue weighted by molar-refractivity contribution is -0.127. The second-order valence-corrected chi connectivity index (χ2v) is 8.33. The summed E-state index contributed by atoms with van der Waals surface area (Å²) in [5.41, 5.74) is 1.12. The van der Waals surface area contributed by atoms with E-state index in [1.165, 1.54) is 12.3 Å². The van der Waals surface area contributed by atoms with Crippen molar-refractivity contribution in [2.24, 2.45) is 4.99 Å². The molecule has 0 saturated carbocycles. The van der Waals surface area contributed by atoms with Gasteiger partial charge in [0.15, 0.2) is 0 Å².